The molecule has 1 heterocycles. The molecule has 0 bridgehead atoms. The maximum atomic E-state index is 4.45. The Labute approximate surface area is 120 Å². The summed E-state index contributed by atoms with van der Waals surface area (Å²) in [6.07, 6.45) is 0. The highest BCUT2D eigenvalue weighted by atomic mass is 79.9. The average Bonchev–Trinajstić information content (AvgIpc) is 2.72. The molecule has 1 N–H and O–H groups in total. The minimum atomic E-state index is 0.752. The third kappa shape index (κ3) is 3.23. The Kier molecular flexibility index (Phi) is 4.24. The zero-order valence-corrected chi connectivity index (χ0v) is 13.1. The highest BCUT2D eigenvalue weighted by molar-refractivity contribution is 9.10. The lowest BCUT2D eigenvalue weighted by molar-refractivity contribution is 1.04. The van der Waals surface area contributed by atoms with Crippen LogP contribution in [0.15, 0.2) is 28.1 Å². The smallest absolute Gasteiger partial charge is 0.0898 e. The van der Waals surface area contributed by atoms with Crippen molar-refractivity contribution >= 4 is 38.6 Å². The second kappa shape index (κ2) is 5.71. The standard InChI is InChI=1S/C13H16BrN3S/c1-9-16-11(8-18-9)7-15-12-6-10(14)4-5-13(12)17(2)3/h4-6,8,15H,7H2,1-3H3. The van der Waals surface area contributed by atoms with E-state index in [1.54, 1.807) is 11.3 Å². The van der Waals surface area contributed by atoms with Crippen molar-refractivity contribution in [2.45, 2.75) is 13.5 Å². The Morgan fingerprint density at radius 2 is 2.17 bits per heavy atom. The summed E-state index contributed by atoms with van der Waals surface area (Å²) in [7, 11) is 4.09. The minimum absolute atomic E-state index is 0.752. The maximum Gasteiger partial charge on any atom is 0.0898 e. The van der Waals surface area contributed by atoms with Crippen LogP contribution in [0.25, 0.3) is 0 Å². The van der Waals surface area contributed by atoms with Gasteiger partial charge in [-0.2, -0.15) is 0 Å². The normalized spacial score (nSPS) is 10.4. The van der Waals surface area contributed by atoms with Crippen LogP contribution < -0.4 is 10.2 Å². The lowest BCUT2D eigenvalue weighted by atomic mass is 10.2. The average molecular weight is 326 g/mol. The highest BCUT2D eigenvalue weighted by Crippen LogP contribution is 2.28. The van der Waals surface area contributed by atoms with E-state index in [1.807, 2.05) is 27.1 Å². The van der Waals surface area contributed by atoms with Gasteiger partial charge in [0.05, 0.1) is 28.6 Å². The van der Waals surface area contributed by atoms with Crippen molar-refractivity contribution in [1.82, 2.24) is 4.98 Å². The first-order valence-corrected chi connectivity index (χ1v) is 7.35. The van der Waals surface area contributed by atoms with Gasteiger partial charge >= 0.3 is 0 Å². The quantitative estimate of drug-likeness (QED) is 0.924. The van der Waals surface area contributed by atoms with Gasteiger partial charge in [0.25, 0.3) is 0 Å². The molecule has 3 nitrogen and oxygen atoms in total. The molecule has 0 unspecified atom stereocenters. The number of aromatic nitrogens is 1. The molecule has 0 saturated heterocycles. The van der Waals surface area contributed by atoms with Crippen LogP contribution in [-0.4, -0.2) is 19.1 Å². The second-order valence-electron chi connectivity index (χ2n) is 4.27. The van der Waals surface area contributed by atoms with Crippen LogP contribution in [0.3, 0.4) is 0 Å². The molecule has 96 valence electrons. The number of halogens is 1. The fraction of sp³-hybridized carbons (Fsp3) is 0.308. The molecule has 2 rings (SSSR count). The van der Waals surface area contributed by atoms with Crippen molar-refractivity contribution in [3.8, 4) is 0 Å². The zero-order valence-electron chi connectivity index (χ0n) is 10.7. The fourth-order valence-electron chi connectivity index (χ4n) is 1.72. The van der Waals surface area contributed by atoms with Gasteiger partial charge in [0, 0.05) is 23.9 Å². The number of anilines is 2. The van der Waals surface area contributed by atoms with E-state index in [1.165, 1.54) is 5.69 Å². The molecule has 2 aromatic rings. The molecule has 0 saturated carbocycles. The van der Waals surface area contributed by atoms with Gasteiger partial charge in [0.1, 0.15) is 0 Å². The van der Waals surface area contributed by atoms with Gasteiger partial charge in [-0.3, -0.25) is 0 Å². The first kappa shape index (κ1) is 13.4. The summed E-state index contributed by atoms with van der Waals surface area (Å²) in [5.41, 5.74) is 3.37. The van der Waals surface area contributed by atoms with Crippen LogP contribution in [0.1, 0.15) is 10.7 Å². The Morgan fingerprint density at radius 1 is 1.39 bits per heavy atom. The molecule has 0 atom stereocenters. The Balaban J connectivity index is 2.15. The van der Waals surface area contributed by atoms with Crippen molar-refractivity contribution < 1.29 is 0 Å². The maximum absolute atomic E-state index is 4.45. The number of nitrogens with one attached hydrogen (secondary N) is 1. The Hall–Kier alpha value is -1.07. The van der Waals surface area contributed by atoms with Crippen molar-refractivity contribution in [3.05, 3.63) is 38.8 Å². The van der Waals surface area contributed by atoms with E-state index in [0.29, 0.717) is 0 Å². The molecule has 1 aromatic heterocycles. The van der Waals surface area contributed by atoms with E-state index >= 15 is 0 Å². The van der Waals surface area contributed by atoms with E-state index in [4.69, 9.17) is 0 Å². The summed E-state index contributed by atoms with van der Waals surface area (Å²) in [5, 5.41) is 6.64. The highest BCUT2D eigenvalue weighted by Gasteiger charge is 2.06. The monoisotopic (exact) mass is 325 g/mol. The molecule has 0 aliphatic rings. The second-order valence-corrected chi connectivity index (χ2v) is 6.25. The van der Waals surface area contributed by atoms with Crippen LogP contribution in [0.5, 0.6) is 0 Å². The Bertz CT molecular complexity index is 537. The van der Waals surface area contributed by atoms with E-state index in [9.17, 15) is 0 Å². The van der Waals surface area contributed by atoms with Crippen LogP contribution in [0.2, 0.25) is 0 Å². The Morgan fingerprint density at radius 3 is 2.78 bits per heavy atom. The molecule has 18 heavy (non-hydrogen) atoms. The molecule has 0 aliphatic heterocycles. The van der Waals surface area contributed by atoms with Gasteiger partial charge < -0.3 is 10.2 Å². The number of hydrogen-bond donors (Lipinski definition) is 1. The van der Waals surface area contributed by atoms with E-state index in [-0.39, 0.29) is 0 Å². The van der Waals surface area contributed by atoms with Crippen LogP contribution in [0, 0.1) is 6.92 Å². The number of benzene rings is 1. The molecular formula is C13H16BrN3S. The van der Waals surface area contributed by atoms with Gasteiger partial charge in [0.15, 0.2) is 0 Å². The summed E-state index contributed by atoms with van der Waals surface area (Å²) < 4.78 is 1.07. The first-order chi connectivity index (χ1) is 8.56. The lowest BCUT2D eigenvalue weighted by Crippen LogP contribution is -2.12. The molecular weight excluding hydrogens is 310 g/mol. The third-order valence-electron chi connectivity index (χ3n) is 2.57. The predicted molar refractivity (Wildman–Crippen MR) is 82.6 cm³/mol. The van der Waals surface area contributed by atoms with E-state index < -0.39 is 0 Å². The number of hydrogen-bond acceptors (Lipinski definition) is 4. The van der Waals surface area contributed by atoms with Crippen molar-refractivity contribution in [1.29, 1.82) is 0 Å². The van der Waals surface area contributed by atoms with E-state index in [2.05, 4.69) is 48.6 Å². The lowest BCUT2D eigenvalue weighted by Gasteiger charge is -2.18. The summed E-state index contributed by atoms with van der Waals surface area (Å²) >= 11 is 5.19. The van der Waals surface area contributed by atoms with Gasteiger partial charge in [-0.05, 0) is 25.1 Å². The summed E-state index contributed by atoms with van der Waals surface area (Å²) in [4.78, 5) is 6.55. The van der Waals surface area contributed by atoms with Gasteiger partial charge in [-0.15, -0.1) is 11.3 Å². The van der Waals surface area contributed by atoms with Gasteiger partial charge in [0.2, 0.25) is 0 Å². The molecule has 0 amide bonds. The summed E-state index contributed by atoms with van der Waals surface area (Å²) in [6, 6.07) is 6.24. The first-order valence-electron chi connectivity index (χ1n) is 5.68. The number of thiazole rings is 1. The molecule has 0 radical (unpaired) electrons. The van der Waals surface area contributed by atoms with Crippen LogP contribution >= 0.6 is 27.3 Å². The fourth-order valence-corrected chi connectivity index (χ4v) is 2.69. The molecule has 1 aromatic carbocycles. The predicted octanol–water partition coefficient (Wildman–Crippen LogP) is 3.89. The van der Waals surface area contributed by atoms with Gasteiger partial charge in [-0.25, -0.2) is 4.98 Å². The van der Waals surface area contributed by atoms with Crippen molar-refractivity contribution in [2.24, 2.45) is 0 Å². The largest absolute Gasteiger partial charge is 0.378 e. The minimum Gasteiger partial charge on any atom is -0.378 e. The number of rotatable bonds is 4. The summed E-state index contributed by atoms with van der Waals surface area (Å²) in [5.74, 6) is 0. The molecule has 0 fully saturated rings. The van der Waals surface area contributed by atoms with Crippen molar-refractivity contribution in [2.75, 3.05) is 24.3 Å². The molecule has 0 aliphatic carbocycles. The zero-order chi connectivity index (χ0) is 13.1. The third-order valence-corrected chi connectivity index (χ3v) is 3.88. The van der Waals surface area contributed by atoms with Gasteiger partial charge in [-0.1, -0.05) is 15.9 Å². The van der Waals surface area contributed by atoms with Crippen molar-refractivity contribution in [3.63, 3.8) is 0 Å². The number of aryl methyl sites for hydroxylation is 1. The molecule has 5 heteroatoms. The van der Waals surface area contributed by atoms with Crippen LogP contribution in [0.4, 0.5) is 11.4 Å². The van der Waals surface area contributed by atoms with Crippen LogP contribution in [-0.2, 0) is 6.54 Å². The SMILES string of the molecule is Cc1nc(CNc2cc(Br)ccc2N(C)C)cs1. The number of nitrogens with zero attached hydrogens (tertiary/aromatic N) is 2. The van der Waals surface area contributed by atoms with E-state index in [0.717, 1.165) is 27.4 Å². The summed E-state index contributed by atoms with van der Waals surface area (Å²) in [6.45, 7) is 2.78. The molecule has 0 spiro atoms. The topological polar surface area (TPSA) is 28.2 Å².